The summed E-state index contributed by atoms with van der Waals surface area (Å²) in [6.07, 6.45) is 2.68. The molecule has 2 heterocycles. The first kappa shape index (κ1) is 13.3. The largest absolute Gasteiger partial charge is 0.467 e. The minimum absolute atomic E-state index is 0.529. The second-order valence-corrected chi connectivity index (χ2v) is 5.05. The van der Waals surface area contributed by atoms with Gasteiger partial charge in [0.1, 0.15) is 12.4 Å². The normalized spacial score (nSPS) is 11.0. The molecule has 2 aromatic rings. The van der Waals surface area contributed by atoms with Crippen molar-refractivity contribution in [3.05, 3.63) is 39.7 Å². The van der Waals surface area contributed by atoms with Crippen molar-refractivity contribution in [1.82, 2.24) is 10.3 Å². The summed E-state index contributed by atoms with van der Waals surface area (Å²) in [6.45, 7) is 4.08. The van der Waals surface area contributed by atoms with E-state index in [1.807, 2.05) is 25.5 Å². The summed E-state index contributed by atoms with van der Waals surface area (Å²) in [6, 6.07) is 2.02. The van der Waals surface area contributed by atoms with Crippen LogP contribution in [0, 0.1) is 6.92 Å². The maximum Gasteiger partial charge on any atom is 0.129 e. The molecule has 1 N–H and O–H groups in total. The van der Waals surface area contributed by atoms with E-state index in [1.54, 1.807) is 17.6 Å². The van der Waals surface area contributed by atoms with Crippen molar-refractivity contribution in [1.29, 1.82) is 0 Å². The van der Waals surface area contributed by atoms with Gasteiger partial charge in [0, 0.05) is 23.4 Å². The average molecular weight is 266 g/mol. The van der Waals surface area contributed by atoms with Crippen LogP contribution in [-0.4, -0.2) is 18.6 Å². The molecule has 0 atom stereocenters. The Balaban J connectivity index is 1.70. The van der Waals surface area contributed by atoms with E-state index in [0.717, 1.165) is 30.0 Å². The predicted octanol–water partition coefficient (Wildman–Crippen LogP) is 2.52. The average Bonchev–Trinajstić information content (AvgIpc) is 2.95. The molecule has 18 heavy (non-hydrogen) atoms. The van der Waals surface area contributed by atoms with Crippen LogP contribution in [0.1, 0.15) is 21.9 Å². The van der Waals surface area contributed by atoms with E-state index in [2.05, 4.69) is 10.3 Å². The standard InChI is InChI=1S/C13H18N2O2S/c1-10-13(18-9-15-10)3-4-16-8-12-5-11(6-14-2)7-17-12/h5,7,9,14H,3-4,6,8H2,1-2H3. The molecule has 0 bridgehead atoms. The van der Waals surface area contributed by atoms with Crippen LogP contribution >= 0.6 is 11.3 Å². The van der Waals surface area contributed by atoms with E-state index < -0.39 is 0 Å². The predicted molar refractivity (Wildman–Crippen MR) is 71.7 cm³/mol. The van der Waals surface area contributed by atoms with Gasteiger partial charge in [-0.2, -0.15) is 0 Å². The van der Waals surface area contributed by atoms with Gasteiger partial charge < -0.3 is 14.5 Å². The van der Waals surface area contributed by atoms with Gasteiger partial charge in [-0.25, -0.2) is 4.98 Å². The van der Waals surface area contributed by atoms with Gasteiger partial charge >= 0.3 is 0 Å². The molecule has 0 saturated heterocycles. The lowest BCUT2D eigenvalue weighted by Crippen LogP contribution is -2.03. The van der Waals surface area contributed by atoms with Gasteiger partial charge in [0.05, 0.1) is 24.1 Å². The monoisotopic (exact) mass is 266 g/mol. The molecular formula is C13H18N2O2S. The van der Waals surface area contributed by atoms with Gasteiger partial charge in [-0.05, 0) is 20.0 Å². The zero-order valence-electron chi connectivity index (χ0n) is 10.7. The fourth-order valence-corrected chi connectivity index (χ4v) is 2.46. The molecule has 0 aliphatic heterocycles. The molecule has 0 amide bonds. The summed E-state index contributed by atoms with van der Waals surface area (Å²) in [4.78, 5) is 5.51. The van der Waals surface area contributed by atoms with Gasteiger partial charge in [-0.3, -0.25) is 0 Å². The fourth-order valence-electron chi connectivity index (χ4n) is 1.70. The van der Waals surface area contributed by atoms with Crippen molar-refractivity contribution >= 4 is 11.3 Å². The van der Waals surface area contributed by atoms with E-state index in [4.69, 9.17) is 9.15 Å². The highest BCUT2D eigenvalue weighted by Gasteiger charge is 2.03. The quantitative estimate of drug-likeness (QED) is 0.782. The molecule has 0 saturated carbocycles. The van der Waals surface area contributed by atoms with Gasteiger partial charge in [-0.1, -0.05) is 0 Å². The minimum atomic E-state index is 0.529. The van der Waals surface area contributed by atoms with E-state index >= 15 is 0 Å². The molecule has 98 valence electrons. The van der Waals surface area contributed by atoms with Crippen LogP contribution in [0.2, 0.25) is 0 Å². The SMILES string of the molecule is CNCc1coc(COCCc2scnc2C)c1. The summed E-state index contributed by atoms with van der Waals surface area (Å²) < 4.78 is 11.0. The fraction of sp³-hybridized carbons (Fsp3) is 0.462. The topological polar surface area (TPSA) is 47.3 Å². The Morgan fingerprint density at radius 1 is 1.50 bits per heavy atom. The Bertz CT molecular complexity index is 479. The van der Waals surface area contributed by atoms with Crippen LogP contribution in [0.15, 0.2) is 22.3 Å². The van der Waals surface area contributed by atoms with Crippen LogP contribution in [-0.2, 0) is 24.3 Å². The number of rotatable bonds is 7. The van der Waals surface area contributed by atoms with Crippen LogP contribution in [0.25, 0.3) is 0 Å². The third-order valence-corrected chi connectivity index (χ3v) is 3.65. The zero-order valence-corrected chi connectivity index (χ0v) is 11.5. The maximum absolute atomic E-state index is 5.60. The minimum Gasteiger partial charge on any atom is -0.467 e. The van der Waals surface area contributed by atoms with Crippen molar-refractivity contribution < 1.29 is 9.15 Å². The molecule has 0 radical (unpaired) electrons. The van der Waals surface area contributed by atoms with E-state index in [-0.39, 0.29) is 0 Å². The summed E-state index contributed by atoms with van der Waals surface area (Å²) in [5.74, 6) is 0.876. The number of hydrogen-bond donors (Lipinski definition) is 1. The molecular weight excluding hydrogens is 248 g/mol. The first-order valence-electron chi connectivity index (χ1n) is 5.97. The number of hydrogen-bond acceptors (Lipinski definition) is 5. The Morgan fingerprint density at radius 2 is 2.39 bits per heavy atom. The summed E-state index contributed by atoms with van der Waals surface area (Å²) >= 11 is 1.68. The number of aromatic nitrogens is 1. The molecule has 0 aliphatic carbocycles. The lowest BCUT2D eigenvalue weighted by molar-refractivity contribution is 0.109. The highest BCUT2D eigenvalue weighted by Crippen LogP contribution is 2.13. The third kappa shape index (κ3) is 3.66. The zero-order chi connectivity index (χ0) is 12.8. The number of thiazole rings is 1. The molecule has 2 aromatic heterocycles. The van der Waals surface area contributed by atoms with Gasteiger partial charge in [0.15, 0.2) is 0 Å². The second-order valence-electron chi connectivity index (χ2n) is 4.12. The number of nitrogens with one attached hydrogen (secondary N) is 1. The Morgan fingerprint density at radius 3 is 3.11 bits per heavy atom. The molecule has 0 spiro atoms. The summed E-state index contributed by atoms with van der Waals surface area (Å²) in [5.41, 5.74) is 4.13. The molecule has 2 rings (SSSR count). The Labute approximate surface area is 111 Å². The van der Waals surface area contributed by atoms with Gasteiger partial charge in [0.25, 0.3) is 0 Å². The van der Waals surface area contributed by atoms with Crippen LogP contribution in [0.4, 0.5) is 0 Å². The molecule has 0 aromatic carbocycles. The number of aryl methyl sites for hydroxylation is 1. The molecule has 4 nitrogen and oxygen atoms in total. The molecule has 0 unspecified atom stereocenters. The Kier molecular flexibility index (Phi) is 4.92. The van der Waals surface area contributed by atoms with Crippen molar-refractivity contribution in [3.8, 4) is 0 Å². The van der Waals surface area contributed by atoms with Gasteiger partial charge in [0.2, 0.25) is 0 Å². The van der Waals surface area contributed by atoms with Crippen molar-refractivity contribution in [2.24, 2.45) is 0 Å². The number of nitrogens with zero attached hydrogens (tertiary/aromatic N) is 1. The number of furan rings is 1. The molecule has 5 heteroatoms. The van der Waals surface area contributed by atoms with Gasteiger partial charge in [-0.15, -0.1) is 11.3 Å². The Hall–Kier alpha value is -1.17. The van der Waals surface area contributed by atoms with Crippen LogP contribution in [0.3, 0.4) is 0 Å². The van der Waals surface area contributed by atoms with Crippen LogP contribution in [0.5, 0.6) is 0 Å². The smallest absolute Gasteiger partial charge is 0.129 e. The summed E-state index contributed by atoms with van der Waals surface area (Å²) in [7, 11) is 1.92. The molecule has 0 aliphatic rings. The van der Waals surface area contributed by atoms with E-state index in [0.29, 0.717) is 13.2 Å². The lowest BCUT2D eigenvalue weighted by Gasteiger charge is -2.01. The second kappa shape index (κ2) is 6.68. The highest BCUT2D eigenvalue weighted by molar-refractivity contribution is 7.09. The first-order valence-corrected chi connectivity index (χ1v) is 6.85. The maximum atomic E-state index is 5.60. The van der Waals surface area contributed by atoms with E-state index in [1.165, 1.54) is 4.88 Å². The van der Waals surface area contributed by atoms with Crippen molar-refractivity contribution in [2.75, 3.05) is 13.7 Å². The van der Waals surface area contributed by atoms with Crippen molar-refractivity contribution in [2.45, 2.75) is 26.5 Å². The summed E-state index contributed by atoms with van der Waals surface area (Å²) in [5, 5.41) is 3.08. The van der Waals surface area contributed by atoms with Crippen LogP contribution < -0.4 is 5.32 Å². The lowest BCUT2D eigenvalue weighted by atomic mass is 10.3. The third-order valence-electron chi connectivity index (χ3n) is 2.65. The van der Waals surface area contributed by atoms with E-state index in [9.17, 15) is 0 Å². The van der Waals surface area contributed by atoms with Crippen molar-refractivity contribution in [3.63, 3.8) is 0 Å². The molecule has 0 fully saturated rings. The first-order chi connectivity index (χ1) is 8.79. The highest BCUT2D eigenvalue weighted by atomic mass is 32.1. The number of ether oxygens (including phenoxy) is 1.